The molecule has 0 radical (unpaired) electrons. The van der Waals surface area contributed by atoms with Gasteiger partial charge in [-0.25, -0.2) is 4.98 Å². The highest BCUT2D eigenvalue weighted by Gasteiger charge is 2.38. The van der Waals surface area contributed by atoms with Crippen molar-refractivity contribution < 1.29 is 5.11 Å². The average molecular weight is 194 g/mol. The average Bonchev–Trinajstić information content (AvgIpc) is 2.74. The molecule has 14 heavy (non-hydrogen) atoms. The summed E-state index contributed by atoms with van der Waals surface area (Å²) in [7, 11) is 0. The predicted molar refractivity (Wildman–Crippen MR) is 54.9 cm³/mol. The molecule has 1 aliphatic rings. The highest BCUT2D eigenvalue weighted by molar-refractivity contribution is 4.98. The van der Waals surface area contributed by atoms with Crippen LogP contribution in [0.5, 0.6) is 0 Å². The summed E-state index contributed by atoms with van der Waals surface area (Å²) in [6.45, 7) is 5.22. The third-order valence-electron chi connectivity index (χ3n) is 3.20. The molecule has 3 unspecified atom stereocenters. The summed E-state index contributed by atoms with van der Waals surface area (Å²) in [5.74, 6) is 2.23. The maximum Gasteiger partial charge on any atom is 0.111 e. The van der Waals surface area contributed by atoms with Crippen LogP contribution in [0.2, 0.25) is 0 Å². The van der Waals surface area contributed by atoms with Gasteiger partial charge in [-0.15, -0.1) is 0 Å². The van der Waals surface area contributed by atoms with Crippen LogP contribution in [0.4, 0.5) is 0 Å². The van der Waals surface area contributed by atoms with Gasteiger partial charge in [0, 0.05) is 25.4 Å². The van der Waals surface area contributed by atoms with Crippen LogP contribution in [0.15, 0.2) is 12.4 Å². The van der Waals surface area contributed by atoms with Crippen LogP contribution in [-0.4, -0.2) is 20.8 Å². The van der Waals surface area contributed by atoms with E-state index >= 15 is 0 Å². The van der Waals surface area contributed by atoms with Crippen molar-refractivity contribution in [1.82, 2.24) is 9.55 Å². The second-order valence-electron chi connectivity index (χ2n) is 4.28. The Morgan fingerprint density at radius 2 is 2.43 bits per heavy atom. The summed E-state index contributed by atoms with van der Waals surface area (Å²) < 4.78 is 2.09. The van der Waals surface area contributed by atoms with Gasteiger partial charge in [0.25, 0.3) is 0 Å². The number of aliphatic hydroxyl groups excluding tert-OH is 1. The van der Waals surface area contributed by atoms with E-state index in [1.54, 1.807) is 0 Å². The van der Waals surface area contributed by atoms with Crippen molar-refractivity contribution in [3.63, 3.8) is 0 Å². The van der Waals surface area contributed by atoms with E-state index in [-0.39, 0.29) is 6.10 Å². The quantitative estimate of drug-likeness (QED) is 0.788. The zero-order valence-electron chi connectivity index (χ0n) is 8.85. The smallest absolute Gasteiger partial charge is 0.111 e. The monoisotopic (exact) mass is 194 g/mol. The molecule has 0 spiro atoms. The molecule has 1 heterocycles. The Morgan fingerprint density at radius 3 is 3.00 bits per heavy atom. The van der Waals surface area contributed by atoms with Crippen LogP contribution in [0.1, 0.15) is 26.1 Å². The van der Waals surface area contributed by atoms with Gasteiger partial charge < -0.3 is 9.67 Å². The van der Waals surface area contributed by atoms with E-state index in [2.05, 4.69) is 23.4 Å². The van der Waals surface area contributed by atoms with E-state index in [1.165, 1.54) is 6.42 Å². The first kappa shape index (κ1) is 9.71. The first-order chi connectivity index (χ1) is 6.72. The molecular formula is C11H18N2O. The van der Waals surface area contributed by atoms with Crippen LogP contribution in [0, 0.1) is 11.8 Å². The summed E-state index contributed by atoms with van der Waals surface area (Å²) in [5.41, 5.74) is 0. The highest BCUT2D eigenvalue weighted by atomic mass is 16.3. The molecule has 3 nitrogen and oxygen atoms in total. The summed E-state index contributed by atoms with van der Waals surface area (Å²) in [4.78, 5) is 4.27. The number of nitrogens with zero attached hydrogens (tertiary/aromatic N) is 2. The van der Waals surface area contributed by atoms with Crippen molar-refractivity contribution in [2.75, 3.05) is 0 Å². The molecule has 2 rings (SSSR count). The maximum atomic E-state index is 9.90. The molecule has 3 heteroatoms. The van der Waals surface area contributed by atoms with Gasteiger partial charge in [-0.1, -0.05) is 6.92 Å². The lowest BCUT2D eigenvalue weighted by molar-refractivity contribution is 0.143. The molecule has 1 aromatic rings. The fraction of sp³-hybridized carbons (Fsp3) is 0.727. The Hall–Kier alpha value is -0.830. The second kappa shape index (κ2) is 3.73. The van der Waals surface area contributed by atoms with Crippen LogP contribution in [0.3, 0.4) is 0 Å². The standard InChI is InChI=1S/C11H18N2O/c1-3-13-5-4-12-11(13)7-10(14)9-6-8(9)2/h4-5,8-10,14H,3,6-7H2,1-2H3. The van der Waals surface area contributed by atoms with Crippen molar-refractivity contribution in [2.24, 2.45) is 11.8 Å². The van der Waals surface area contributed by atoms with Crippen molar-refractivity contribution >= 4 is 0 Å². The molecule has 0 amide bonds. The molecule has 0 bridgehead atoms. The minimum absolute atomic E-state index is 0.197. The van der Waals surface area contributed by atoms with E-state index in [1.807, 2.05) is 12.4 Å². The van der Waals surface area contributed by atoms with Crippen LogP contribution >= 0.6 is 0 Å². The Bertz CT molecular complexity index is 308. The summed E-state index contributed by atoms with van der Waals surface area (Å²) in [6, 6.07) is 0. The number of imidazole rings is 1. The summed E-state index contributed by atoms with van der Waals surface area (Å²) in [6.07, 6.45) is 5.46. The third-order valence-corrected chi connectivity index (χ3v) is 3.20. The molecule has 1 fully saturated rings. The Labute approximate surface area is 84.8 Å². The summed E-state index contributed by atoms with van der Waals surface area (Å²) in [5, 5.41) is 9.90. The highest BCUT2D eigenvalue weighted by Crippen LogP contribution is 2.41. The normalized spacial score (nSPS) is 27.6. The van der Waals surface area contributed by atoms with E-state index in [4.69, 9.17) is 0 Å². The third kappa shape index (κ3) is 1.82. The molecule has 1 aromatic heterocycles. The molecule has 0 aliphatic heterocycles. The number of hydrogen-bond acceptors (Lipinski definition) is 2. The van der Waals surface area contributed by atoms with Gasteiger partial charge in [0.05, 0.1) is 6.10 Å². The van der Waals surface area contributed by atoms with Crippen molar-refractivity contribution in [3.05, 3.63) is 18.2 Å². The molecule has 78 valence electrons. The van der Waals surface area contributed by atoms with Gasteiger partial charge in [0.15, 0.2) is 0 Å². The largest absolute Gasteiger partial charge is 0.392 e. The topological polar surface area (TPSA) is 38.0 Å². The van der Waals surface area contributed by atoms with Gasteiger partial charge in [-0.05, 0) is 25.2 Å². The first-order valence-electron chi connectivity index (χ1n) is 5.40. The van der Waals surface area contributed by atoms with Crippen LogP contribution in [0.25, 0.3) is 0 Å². The molecule has 1 aliphatic carbocycles. The van der Waals surface area contributed by atoms with E-state index in [9.17, 15) is 5.11 Å². The molecule has 1 N–H and O–H groups in total. The fourth-order valence-electron chi connectivity index (χ4n) is 2.04. The molecule has 3 atom stereocenters. The number of rotatable bonds is 4. The minimum Gasteiger partial charge on any atom is -0.392 e. The van der Waals surface area contributed by atoms with Gasteiger partial charge >= 0.3 is 0 Å². The number of aromatic nitrogens is 2. The van der Waals surface area contributed by atoms with Crippen LogP contribution in [-0.2, 0) is 13.0 Å². The lowest BCUT2D eigenvalue weighted by atomic mass is 10.1. The van der Waals surface area contributed by atoms with Gasteiger partial charge in [-0.2, -0.15) is 0 Å². The fourth-order valence-corrected chi connectivity index (χ4v) is 2.04. The molecule has 0 saturated heterocycles. The van der Waals surface area contributed by atoms with Crippen LogP contribution < -0.4 is 0 Å². The van der Waals surface area contributed by atoms with Crippen molar-refractivity contribution in [2.45, 2.75) is 39.3 Å². The molecule has 0 aromatic carbocycles. The van der Waals surface area contributed by atoms with Crippen molar-refractivity contribution in [3.8, 4) is 0 Å². The summed E-state index contributed by atoms with van der Waals surface area (Å²) >= 11 is 0. The predicted octanol–water partition coefficient (Wildman–Crippen LogP) is 1.46. The Morgan fingerprint density at radius 1 is 1.71 bits per heavy atom. The molecular weight excluding hydrogens is 176 g/mol. The zero-order valence-corrected chi connectivity index (χ0v) is 8.85. The number of aryl methyl sites for hydroxylation is 1. The number of hydrogen-bond donors (Lipinski definition) is 1. The number of aliphatic hydroxyl groups is 1. The maximum absolute atomic E-state index is 9.90. The van der Waals surface area contributed by atoms with E-state index in [0.29, 0.717) is 18.3 Å². The van der Waals surface area contributed by atoms with Gasteiger partial charge in [0.2, 0.25) is 0 Å². The Balaban J connectivity index is 1.96. The molecule has 1 saturated carbocycles. The lowest BCUT2D eigenvalue weighted by Crippen LogP contribution is -2.17. The minimum atomic E-state index is -0.197. The first-order valence-corrected chi connectivity index (χ1v) is 5.40. The van der Waals surface area contributed by atoms with Crippen molar-refractivity contribution in [1.29, 1.82) is 0 Å². The lowest BCUT2D eigenvalue weighted by Gasteiger charge is -2.10. The van der Waals surface area contributed by atoms with Gasteiger partial charge in [-0.3, -0.25) is 0 Å². The zero-order chi connectivity index (χ0) is 10.1. The second-order valence-corrected chi connectivity index (χ2v) is 4.28. The SMILES string of the molecule is CCn1ccnc1CC(O)C1CC1C. The Kier molecular flexibility index (Phi) is 2.59. The van der Waals surface area contributed by atoms with E-state index < -0.39 is 0 Å². The van der Waals surface area contributed by atoms with Gasteiger partial charge in [0.1, 0.15) is 5.82 Å². The van der Waals surface area contributed by atoms with E-state index in [0.717, 1.165) is 12.4 Å².